The smallest absolute Gasteiger partial charge is 0.213 e. The van der Waals surface area contributed by atoms with Gasteiger partial charge < -0.3 is 15.7 Å². The maximum absolute atomic E-state index is 8.85. The van der Waals surface area contributed by atoms with Crippen LogP contribution in [0.2, 0.25) is 0 Å². The van der Waals surface area contributed by atoms with Crippen LogP contribution in [0.5, 0.6) is 5.88 Å². The van der Waals surface area contributed by atoms with E-state index < -0.39 is 0 Å². The summed E-state index contributed by atoms with van der Waals surface area (Å²) < 4.78 is 5.12. The lowest BCUT2D eigenvalue weighted by molar-refractivity contribution is 0.176. The molecule has 1 aliphatic rings. The molecule has 0 saturated carbocycles. The number of hydrogen-bond donors (Lipinski definition) is 2. The van der Waals surface area contributed by atoms with E-state index in [4.69, 9.17) is 15.7 Å². The van der Waals surface area contributed by atoms with Crippen molar-refractivity contribution in [3.63, 3.8) is 0 Å². The molecule has 1 aromatic heterocycles. The van der Waals surface area contributed by atoms with Gasteiger partial charge in [0.2, 0.25) is 5.88 Å². The third-order valence-electron chi connectivity index (χ3n) is 3.43. The van der Waals surface area contributed by atoms with Crippen LogP contribution >= 0.6 is 0 Å². The molecular weight excluding hydrogens is 244 g/mol. The summed E-state index contributed by atoms with van der Waals surface area (Å²) in [6, 6.07) is 5.69. The molecule has 1 aromatic rings. The van der Waals surface area contributed by atoms with E-state index in [2.05, 4.69) is 15.0 Å². The Kier molecular flexibility index (Phi) is 4.57. The fourth-order valence-electron chi connectivity index (χ4n) is 2.45. The van der Waals surface area contributed by atoms with Crippen molar-refractivity contribution in [1.29, 1.82) is 0 Å². The molecule has 6 heteroatoms. The van der Waals surface area contributed by atoms with Crippen LogP contribution < -0.4 is 10.5 Å². The first kappa shape index (κ1) is 13.6. The standard InChI is InChI=1S/C13H20N4O2/c1-19-12-7-4-5-10(15-12)9-17-8-3-2-6-11(17)13(14)16-18/h4-5,7,11,18H,2-3,6,8-9H2,1H3,(H2,14,16). The first-order valence-corrected chi connectivity index (χ1v) is 6.46. The van der Waals surface area contributed by atoms with E-state index in [0.717, 1.165) is 31.5 Å². The molecule has 104 valence electrons. The van der Waals surface area contributed by atoms with Crippen molar-refractivity contribution in [2.75, 3.05) is 13.7 Å². The second-order valence-corrected chi connectivity index (χ2v) is 4.68. The zero-order valence-electron chi connectivity index (χ0n) is 11.1. The van der Waals surface area contributed by atoms with Crippen LogP contribution in [0.3, 0.4) is 0 Å². The topological polar surface area (TPSA) is 84.0 Å². The highest BCUT2D eigenvalue weighted by Gasteiger charge is 2.26. The Morgan fingerprint density at radius 3 is 3.16 bits per heavy atom. The molecule has 1 atom stereocenters. The van der Waals surface area contributed by atoms with Gasteiger partial charge in [-0.3, -0.25) is 4.90 Å². The van der Waals surface area contributed by atoms with Crippen molar-refractivity contribution >= 4 is 5.84 Å². The quantitative estimate of drug-likeness (QED) is 0.369. The molecule has 3 N–H and O–H groups in total. The lowest BCUT2D eigenvalue weighted by atomic mass is 10.0. The minimum absolute atomic E-state index is 0.00764. The summed E-state index contributed by atoms with van der Waals surface area (Å²) in [5.74, 6) is 0.887. The zero-order valence-corrected chi connectivity index (χ0v) is 11.1. The predicted octanol–water partition coefficient (Wildman–Crippen LogP) is 1.19. The largest absolute Gasteiger partial charge is 0.481 e. The van der Waals surface area contributed by atoms with Crippen LogP contribution in [0.15, 0.2) is 23.4 Å². The SMILES string of the molecule is COc1cccc(CN2CCCCC2C(N)=NO)n1. The van der Waals surface area contributed by atoms with E-state index in [0.29, 0.717) is 12.4 Å². The van der Waals surface area contributed by atoms with Crippen molar-refractivity contribution in [1.82, 2.24) is 9.88 Å². The molecule has 0 amide bonds. The van der Waals surface area contributed by atoms with Gasteiger partial charge in [0.25, 0.3) is 0 Å². The Bertz CT molecular complexity index is 450. The molecule has 0 aromatic carbocycles. The van der Waals surface area contributed by atoms with Crippen molar-refractivity contribution in [2.24, 2.45) is 10.9 Å². The normalized spacial score (nSPS) is 21.3. The maximum Gasteiger partial charge on any atom is 0.213 e. The average Bonchev–Trinajstić information content (AvgIpc) is 2.47. The Morgan fingerprint density at radius 1 is 1.58 bits per heavy atom. The van der Waals surface area contributed by atoms with E-state index in [1.165, 1.54) is 0 Å². The number of ether oxygens (including phenoxy) is 1. The number of amidine groups is 1. The number of hydrogen-bond acceptors (Lipinski definition) is 5. The van der Waals surface area contributed by atoms with Gasteiger partial charge in [-0.15, -0.1) is 0 Å². The van der Waals surface area contributed by atoms with Gasteiger partial charge in [0.1, 0.15) is 0 Å². The fraction of sp³-hybridized carbons (Fsp3) is 0.538. The number of methoxy groups -OCH3 is 1. The minimum Gasteiger partial charge on any atom is -0.481 e. The molecule has 0 radical (unpaired) electrons. The summed E-state index contributed by atoms with van der Waals surface area (Å²) in [6.07, 6.45) is 3.14. The summed E-state index contributed by atoms with van der Waals surface area (Å²) in [5, 5.41) is 12.0. The Morgan fingerprint density at radius 2 is 2.42 bits per heavy atom. The summed E-state index contributed by atoms with van der Waals surface area (Å²) in [4.78, 5) is 6.59. The molecule has 0 spiro atoms. The molecule has 2 rings (SSSR count). The van der Waals surface area contributed by atoms with Gasteiger partial charge in [0.05, 0.1) is 18.8 Å². The molecular formula is C13H20N4O2. The summed E-state index contributed by atoms with van der Waals surface area (Å²) in [7, 11) is 1.60. The van der Waals surface area contributed by atoms with Crippen LogP contribution in [0.25, 0.3) is 0 Å². The van der Waals surface area contributed by atoms with Gasteiger partial charge in [0.15, 0.2) is 5.84 Å². The number of aromatic nitrogens is 1. The molecule has 2 heterocycles. The summed E-state index contributed by atoms with van der Waals surface area (Å²) in [5.41, 5.74) is 6.69. The number of likely N-dealkylation sites (tertiary alicyclic amines) is 1. The van der Waals surface area contributed by atoms with Gasteiger partial charge >= 0.3 is 0 Å². The van der Waals surface area contributed by atoms with E-state index in [9.17, 15) is 0 Å². The lowest BCUT2D eigenvalue weighted by Gasteiger charge is -2.34. The van der Waals surface area contributed by atoms with Crippen LogP contribution in [-0.2, 0) is 6.54 Å². The maximum atomic E-state index is 8.85. The number of nitrogens with two attached hydrogens (primary N) is 1. The van der Waals surface area contributed by atoms with E-state index in [-0.39, 0.29) is 11.9 Å². The first-order chi connectivity index (χ1) is 9.24. The highest BCUT2D eigenvalue weighted by atomic mass is 16.5. The van der Waals surface area contributed by atoms with Gasteiger partial charge in [-0.2, -0.15) is 0 Å². The van der Waals surface area contributed by atoms with Gasteiger partial charge in [-0.25, -0.2) is 4.98 Å². The lowest BCUT2D eigenvalue weighted by Crippen LogP contribution is -2.47. The minimum atomic E-state index is -0.00764. The van der Waals surface area contributed by atoms with Crippen molar-refractivity contribution < 1.29 is 9.94 Å². The number of pyridine rings is 1. The summed E-state index contributed by atoms with van der Waals surface area (Å²) >= 11 is 0. The monoisotopic (exact) mass is 264 g/mol. The predicted molar refractivity (Wildman–Crippen MR) is 72.2 cm³/mol. The highest BCUT2D eigenvalue weighted by Crippen LogP contribution is 2.20. The Labute approximate surface area is 112 Å². The first-order valence-electron chi connectivity index (χ1n) is 6.46. The van der Waals surface area contributed by atoms with Crippen LogP contribution in [-0.4, -0.2) is 40.6 Å². The number of rotatable bonds is 4. The second kappa shape index (κ2) is 6.38. The van der Waals surface area contributed by atoms with Gasteiger partial charge in [0, 0.05) is 12.6 Å². The van der Waals surface area contributed by atoms with Crippen LogP contribution in [0, 0.1) is 0 Å². The van der Waals surface area contributed by atoms with Crippen molar-refractivity contribution in [3.05, 3.63) is 23.9 Å². The highest BCUT2D eigenvalue weighted by molar-refractivity contribution is 5.85. The Hall–Kier alpha value is -1.82. The molecule has 1 fully saturated rings. The third kappa shape index (κ3) is 3.35. The number of nitrogens with zero attached hydrogens (tertiary/aromatic N) is 3. The number of piperidine rings is 1. The van der Waals surface area contributed by atoms with Gasteiger partial charge in [-0.1, -0.05) is 17.6 Å². The number of oxime groups is 1. The van der Waals surface area contributed by atoms with Crippen LogP contribution in [0.4, 0.5) is 0 Å². The van der Waals surface area contributed by atoms with Gasteiger partial charge in [-0.05, 0) is 25.5 Å². The molecule has 6 nitrogen and oxygen atoms in total. The molecule has 19 heavy (non-hydrogen) atoms. The fourth-order valence-corrected chi connectivity index (χ4v) is 2.45. The van der Waals surface area contributed by atoms with E-state index >= 15 is 0 Å². The summed E-state index contributed by atoms with van der Waals surface area (Å²) in [6.45, 7) is 1.61. The zero-order chi connectivity index (χ0) is 13.7. The third-order valence-corrected chi connectivity index (χ3v) is 3.43. The molecule has 1 aliphatic heterocycles. The van der Waals surface area contributed by atoms with E-state index in [1.54, 1.807) is 7.11 Å². The average molecular weight is 264 g/mol. The molecule has 1 saturated heterocycles. The van der Waals surface area contributed by atoms with Crippen LogP contribution in [0.1, 0.15) is 25.0 Å². The Balaban J connectivity index is 2.10. The molecule has 0 bridgehead atoms. The molecule has 0 aliphatic carbocycles. The molecule has 1 unspecified atom stereocenters. The van der Waals surface area contributed by atoms with Crippen molar-refractivity contribution in [3.8, 4) is 5.88 Å². The van der Waals surface area contributed by atoms with E-state index in [1.807, 2.05) is 18.2 Å². The second-order valence-electron chi connectivity index (χ2n) is 4.68. The van der Waals surface area contributed by atoms with Crippen molar-refractivity contribution in [2.45, 2.75) is 31.8 Å².